The van der Waals surface area contributed by atoms with E-state index in [1.807, 2.05) is 0 Å². The fourth-order valence-electron chi connectivity index (χ4n) is 1.15. The fourth-order valence-corrected chi connectivity index (χ4v) is 1.84. The highest BCUT2D eigenvalue weighted by Crippen LogP contribution is 2.15. The minimum absolute atomic E-state index is 0.594. The zero-order valence-corrected chi connectivity index (χ0v) is 8.34. The average Bonchev–Trinajstić information content (AvgIpc) is 2.45. The standard InChI is InChI=1S/C9H16N2S/c1-2-3-4-5-6-8-7-12-9(10)11-8/h6H,2-5,7H2,1H3,(H2,10,11). The van der Waals surface area contributed by atoms with Crippen molar-refractivity contribution < 1.29 is 0 Å². The Morgan fingerprint density at radius 1 is 1.58 bits per heavy atom. The quantitative estimate of drug-likeness (QED) is 0.659. The van der Waals surface area contributed by atoms with Gasteiger partial charge in [0.1, 0.15) is 0 Å². The predicted octanol–water partition coefficient (Wildman–Crippen LogP) is 2.72. The summed E-state index contributed by atoms with van der Waals surface area (Å²) in [5.74, 6) is 0.963. The lowest BCUT2D eigenvalue weighted by atomic mass is 10.2. The molecule has 2 N–H and O–H groups in total. The van der Waals surface area contributed by atoms with Crippen LogP contribution in [0.2, 0.25) is 0 Å². The van der Waals surface area contributed by atoms with Gasteiger partial charge in [-0.15, -0.1) is 0 Å². The fraction of sp³-hybridized carbons (Fsp3) is 0.667. The number of unbranched alkanes of at least 4 members (excludes halogenated alkanes) is 3. The Morgan fingerprint density at radius 3 is 3.00 bits per heavy atom. The van der Waals surface area contributed by atoms with Crippen LogP contribution in [0.25, 0.3) is 0 Å². The molecule has 0 radical (unpaired) electrons. The maximum absolute atomic E-state index is 7.31. The van der Waals surface area contributed by atoms with Crippen LogP contribution < -0.4 is 5.32 Å². The molecular weight excluding hydrogens is 168 g/mol. The molecule has 0 atom stereocenters. The van der Waals surface area contributed by atoms with Gasteiger partial charge in [-0.2, -0.15) is 0 Å². The summed E-state index contributed by atoms with van der Waals surface area (Å²) < 4.78 is 0. The molecule has 1 rings (SSSR count). The number of thioether (sulfide) groups is 1. The van der Waals surface area contributed by atoms with Crippen molar-refractivity contribution in [1.82, 2.24) is 5.32 Å². The molecule has 12 heavy (non-hydrogen) atoms. The first-order valence-electron chi connectivity index (χ1n) is 4.50. The third kappa shape index (κ3) is 3.30. The molecule has 0 saturated carbocycles. The van der Waals surface area contributed by atoms with Crippen molar-refractivity contribution in [2.75, 3.05) is 5.75 Å². The lowest BCUT2D eigenvalue weighted by Gasteiger charge is -1.96. The molecule has 1 saturated heterocycles. The van der Waals surface area contributed by atoms with Gasteiger partial charge in [-0.1, -0.05) is 37.6 Å². The molecule has 2 nitrogen and oxygen atoms in total. The molecule has 0 aliphatic carbocycles. The van der Waals surface area contributed by atoms with Gasteiger partial charge in [-0.25, -0.2) is 0 Å². The SMILES string of the molecule is CCCCCC=C1CSC(=N)N1. The second-order valence-corrected chi connectivity index (χ2v) is 3.95. The van der Waals surface area contributed by atoms with Gasteiger partial charge in [0.2, 0.25) is 0 Å². The first-order valence-corrected chi connectivity index (χ1v) is 5.49. The van der Waals surface area contributed by atoms with Crippen LogP contribution in [0.5, 0.6) is 0 Å². The van der Waals surface area contributed by atoms with Gasteiger partial charge in [0, 0.05) is 11.4 Å². The van der Waals surface area contributed by atoms with Gasteiger partial charge < -0.3 is 5.32 Å². The van der Waals surface area contributed by atoms with Gasteiger partial charge in [0.25, 0.3) is 0 Å². The molecule has 0 bridgehead atoms. The van der Waals surface area contributed by atoms with Crippen LogP contribution in [0, 0.1) is 5.41 Å². The van der Waals surface area contributed by atoms with E-state index in [1.165, 1.54) is 25.0 Å². The molecule has 0 amide bonds. The maximum atomic E-state index is 7.31. The zero-order valence-electron chi connectivity index (χ0n) is 7.52. The normalized spacial score (nSPS) is 20.1. The largest absolute Gasteiger partial charge is 0.338 e. The highest BCUT2D eigenvalue weighted by molar-refractivity contribution is 8.14. The van der Waals surface area contributed by atoms with Crippen molar-refractivity contribution in [2.45, 2.75) is 32.6 Å². The number of allylic oxidation sites excluding steroid dienone is 1. The molecule has 1 fully saturated rings. The third-order valence-electron chi connectivity index (χ3n) is 1.84. The van der Waals surface area contributed by atoms with E-state index in [0.29, 0.717) is 5.17 Å². The van der Waals surface area contributed by atoms with Crippen LogP contribution in [0.1, 0.15) is 32.6 Å². The minimum Gasteiger partial charge on any atom is -0.338 e. The summed E-state index contributed by atoms with van der Waals surface area (Å²) in [7, 11) is 0. The predicted molar refractivity (Wildman–Crippen MR) is 55.5 cm³/mol. The second kappa shape index (κ2) is 5.25. The summed E-state index contributed by atoms with van der Waals surface area (Å²) in [4.78, 5) is 0. The summed E-state index contributed by atoms with van der Waals surface area (Å²) in [6.45, 7) is 2.21. The number of hydrogen-bond acceptors (Lipinski definition) is 2. The molecule has 0 spiro atoms. The van der Waals surface area contributed by atoms with Crippen LogP contribution in [0.3, 0.4) is 0 Å². The molecule has 0 aromatic heterocycles. The molecule has 0 aromatic rings. The first-order chi connectivity index (χ1) is 5.83. The van der Waals surface area contributed by atoms with Gasteiger partial charge in [-0.05, 0) is 12.8 Å². The van der Waals surface area contributed by atoms with E-state index in [0.717, 1.165) is 12.2 Å². The summed E-state index contributed by atoms with van der Waals surface area (Å²) in [6, 6.07) is 0. The summed E-state index contributed by atoms with van der Waals surface area (Å²) in [6.07, 6.45) is 7.25. The van der Waals surface area contributed by atoms with Gasteiger partial charge in [0.05, 0.1) is 0 Å². The minimum atomic E-state index is 0.594. The zero-order chi connectivity index (χ0) is 8.81. The summed E-state index contributed by atoms with van der Waals surface area (Å²) >= 11 is 1.57. The van der Waals surface area contributed by atoms with Crippen molar-refractivity contribution in [2.24, 2.45) is 0 Å². The molecule has 1 heterocycles. The Kier molecular flexibility index (Phi) is 4.22. The smallest absolute Gasteiger partial charge is 0.158 e. The second-order valence-electron chi connectivity index (χ2n) is 2.97. The van der Waals surface area contributed by atoms with Crippen molar-refractivity contribution in [3.63, 3.8) is 0 Å². The maximum Gasteiger partial charge on any atom is 0.158 e. The Hall–Kier alpha value is -0.440. The molecule has 1 aliphatic rings. The Labute approximate surface area is 78.3 Å². The van der Waals surface area contributed by atoms with E-state index >= 15 is 0 Å². The molecular formula is C9H16N2S. The summed E-state index contributed by atoms with van der Waals surface area (Å²) in [5, 5.41) is 10.9. The van der Waals surface area contributed by atoms with Gasteiger partial charge >= 0.3 is 0 Å². The van der Waals surface area contributed by atoms with E-state index in [9.17, 15) is 0 Å². The van der Waals surface area contributed by atoms with Crippen LogP contribution in [0.4, 0.5) is 0 Å². The molecule has 3 heteroatoms. The van der Waals surface area contributed by atoms with E-state index in [4.69, 9.17) is 5.41 Å². The van der Waals surface area contributed by atoms with Crippen LogP contribution in [-0.4, -0.2) is 10.9 Å². The Balaban J connectivity index is 2.15. The number of amidine groups is 1. The van der Waals surface area contributed by atoms with E-state index in [1.54, 1.807) is 11.8 Å². The Bertz CT molecular complexity index is 187. The van der Waals surface area contributed by atoms with E-state index < -0.39 is 0 Å². The summed E-state index contributed by atoms with van der Waals surface area (Å²) in [5.41, 5.74) is 1.22. The molecule has 0 unspecified atom stereocenters. The van der Waals surface area contributed by atoms with Crippen LogP contribution in [0.15, 0.2) is 11.8 Å². The third-order valence-corrected chi connectivity index (χ3v) is 2.69. The topological polar surface area (TPSA) is 35.9 Å². The van der Waals surface area contributed by atoms with E-state index in [-0.39, 0.29) is 0 Å². The monoisotopic (exact) mass is 184 g/mol. The number of hydrogen-bond donors (Lipinski definition) is 2. The van der Waals surface area contributed by atoms with Crippen molar-refractivity contribution in [3.05, 3.63) is 11.8 Å². The molecule has 0 aromatic carbocycles. The highest BCUT2D eigenvalue weighted by atomic mass is 32.2. The molecule has 68 valence electrons. The van der Waals surface area contributed by atoms with Gasteiger partial charge in [0.15, 0.2) is 5.17 Å². The van der Waals surface area contributed by atoms with Gasteiger partial charge in [-0.3, -0.25) is 5.41 Å². The van der Waals surface area contributed by atoms with Crippen LogP contribution >= 0.6 is 11.8 Å². The van der Waals surface area contributed by atoms with Crippen molar-refractivity contribution >= 4 is 16.9 Å². The number of rotatable bonds is 4. The number of nitrogens with one attached hydrogen (secondary N) is 2. The Morgan fingerprint density at radius 2 is 2.42 bits per heavy atom. The lowest BCUT2D eigenvalue weighted by Crippen LogP contribution is -2.09. The van der Waals surface area contributed by atoms with E-state index in [2.05, 4.69) is 18.3 Å². The average molecular weight is 184 g/mol. The highest BCUT2D eigenvalue weighted by Gasteiger charge is 2.10. The van der Waals surface area contributed by atoms with Crippen molar-refractivity contribution in [3.8, 4) is 0 Å². The van der Waals surface area contributed by atoms with Crippen LogP contribution in [-0.2, 0) is 0 Å². The molecule has 1 aliphatic heterocycles. The first kappa shape index (κ1) is 9.65. The van der Waals surface area contributed by atoms with Crippen molar-refractivity contribution in [1.29, 1.82) is 5.41 Å². The lowest BCUT2D eigenvalue weighted by molar-refractivity contribution is 0.726.